The number of nitrogens with zero attached hydrogens (tertiary/aromatic N) is 4. The van der Waals surface area contributed by atoms with E-state index in [9.17, 15) is 19.5 Å². The van der Waals surface area contributed by atoms with Gasteiger partial charge in [-0.3, -0.25) is 14.3 Å². The maximum absolute atomic E-state index is 14.0. The zero-order chi connectivity index (χ0) is 32.2. The SMILES string of the molecule is O=C(N[C@H](Cc1cc(Br)c(O)c(Br)c1)C(=O)N1CCC(c2ccncc2)CC1)N1CCC(n2c(-c3ccccc3)c[nH]c2=O)CC1. The third-order valence-corrected chi connectivity index (χ3v) is 10.3. The second-order valence-electron chi connectivity index (χ2n) is 11.9. The van der Waals surface area contributed by atoms with E-state index < -0.39 is 6.04 Å². The summed E-state index contributed by atoms with van der Waals surface area (Å²) in [4.78, 5) is 51.0. The fraction of sp³-hybridized carbons (Fsp3) is 0.353. The van der Waals surface area contributed by atoms with Crippen molar-refractivity contribution in [3.8, 4) is 17.0 Å². The number of imidazole rings is 1. The van der Waals surface area contributed by atoms with Crippen molar-refractivity contribution in [2.45, 2.75) is 50.1 Å². The van der Waals surface area contributed by atoms with E-state index in [1.807, 2.05) is 47.4 Å². The number of piperidine rings is 2. The van der Waals surface area contributed by atoms with Gasteiger partial charge in [-0.15, -0.1) is 0 Å². The Labute approximate surface area is 284 Å². The molecule has 10 nitrogen and oxygen atoms in total. The number of benzene rings is 2. The Bertz CT molecular complexity index is 1710. The highest BCUT2D eigenvalue weighted by Crippen LogP contribution is 2.34. The Kier molecular flexibility index (Phi) is 9.93. The Morgan fingerprint density at radius 1 is 0.935 bits per heavy atom. The van der Waals surface area contributed by atoms with E-state index >= 15 is 0 Å². The zero-order valence-electron chi connectivity index (χ0n) is 25.2. The number of pyridine rings is 1. The summed E-state index contributed by atoms with van der Waals surface area (Å²) in [6.07, 6.45) is 8.51. The standard InChI is InChI=1S/C34H36Br2N6O4/c35-27-18-22(19-28(36)31(27)43)20-29(32(44)40-14-8-24(9-15-40)23-6-12-37-13-7-23)39-34(46)41-16-10-26(11-17-41)42-30(21-38-33(42)45)25-4-2-1-3-5-25/h1-7,12-13,18-19,21,24,26,29,43H,8-11,14-17,20H2,(H,38,45)(H,39,46)/t29-/m1/s1. The van der Waals surface area contributed by atoms with E-state index in [0.717, 1.165) is 29.7 Å². The molecule has 3 N–H and O–H groups in total. The van der Waals surface area contributed by atoms with Crippen LogP contribution in [0.15, 0.2) is 86.9 Å². The van der Waals surface area contributed by atoms with Gasteiger partial charge in [0.2, 0.25) is 5.91 Å². The highest BCUT2D eigenvalue weighted by Gasteiger charge is 2.33. The van der Waals surface area contributed by atoms with Crippen molar-refractivity contribution in [3.05, 3.63) is 104 Å². The van der Waals surface area contributed by atoms with Crippen LogP contribution in [0.1, 0.15) is 48.8 Å². The molecule has 46 heavy (non-hydrogen) atoms. The number of H-pyrrole nitrogens is 1. The van der Waals surface area contributed by atoms with Crippen molar-refractivity contribution < 1.29 is 14.7 Å². The van der Waals surface area contributed by atoms with E-state index in [4.69, 9.17) is 0 Å². The van der Waals surface area contributed by atoms with Crippen molar-refractivity contribution in [3.63, 3.8) is 0 Å². The molecule has 4 heterocycles. The number of amides is 3. The molecule has 0 bridgehead atoms. The van der Waals surface area contributed by atoms with E-state index in [1.54, 1.807) is 40.2 Å². The molecule has 0 saturated carbocycles. The second-order valence-corrected chi connectivity index (χ2v) is 13.6. The van der Waals surface area contributed by atoms with Gasteiger partial charge in [0.15, 0.2) is 0 Å². The van der Waals surface area contributed by atoms with Gasteiger partial charge in [0.25, 0.3) is 0 Å². The average Bonchev–Trinajstić information content (AvgIpc) is 3.48. The summed E-state index contributed by atoms with van der Waals surface area (Å²) in [5.74, 6) is 0.317. The Hall–Kier alpha value is -3.90. The molecular formula is C34H36Br2N6O4. The molecule has 4 aromatic rings. The van der Waals surface area contributed by atoms with Crippen molar-refractivity contribution in [2.75, 3.05) is 26.2 Å². The highest BCUT2D eigenvalue weighted by molar-refractivity contribution is 9.11. The normalized spacial score (nSPS) is 16.7. The lowest BCUT2D eigenvalue weighted by Gasteiger charge is -2.36. The molecule has 2 aliphatic rings. The Morgan fingerprint density at radius 3 is 2.22 bits per heavy atom. The maximum Gasteiger partial charge on any atom is 0.326 e. The molecule has 6 rings (SSSR count). The van der Waals surface area contributed by atoms with Gasteiger partial charge in [0, 0.05) is 57.2 Å². The minimum absolute atomic E-state index is 0.0520. The zero-order valence-corrected chi connectivity index (χ0v) is 28.4. The van der Waals surface area contributed by atoms with E-state index in [2.05, 4.69) is 47.1 Å². The highest BCUT2D eigenvalue weighted by atomic mass is 79.9. The minimum atomic E-state index is -0.789. The maximum atomic E-state index is 14.0. The first-order chi connectivity index (χ1) is 22.3. The fourth-order valence-corrected chi connectivity index (χ4v) is 7.88. The van der Waals surface area contributed by atoms with Crippen LogP contribution in [0.2, 0.25) is 0 Å². The smallest absolute Gasteiger partial charge is 0.326 e. The van der Waals surface area contributed by atoms with E-state index in [0.29, 0.717) is 53.9 Å². The molecular weight excluding hydrogens is 716 g/mol. The summed E-state index contributed by atoms with van der Waals surface area (Å²) in [6, 6.07) is 16.3. The number of aromatic amines is 1. The van der Waals surface area contributed by atoms with Crippen LogP contribution in [0.5, 0.6) is 5.75 Å². The van der Waals surface area contributed by atoms with Crippen LogP contribution in [0.25, 0.3) is 11.3 Å². The van der Waals surface area contributed by atoms with Crippen LogP contribution in [0.3, 0.4) is 0 Å². The molecule has 0 unspecified atom stereocenters. The van der Waals surface area contributed by atoms with Crippen molar-refractivity contribution in [2.24, 2.45) is 0 Å². The number of phenolic OH excluding ortho intramolecular Hbond substituents is 1. The number of aromatic hydroxyl groups is 1. The second kappa shape index (κ2) is 14.3. The summed E-state index contributed by atoms with van der Waals surface area (Å²) in [6.45, 7) is 2.11. The van der Waals surface area contributed by atoms with Crippen LogP contribution in [0.4, 0.5) is 4.79 Å². The first-order valence-electron chi connectivity index (χ1n) is 15.5. The van der Waals surface area contributed by atoms with Crippen LogP contribution >= 0.6 is 31.9 Å². The molecule has 2 saturated heterocycles. The molecule has 1 atom stereocenters. The van der Waals surface area contributed by atoms with Crippen molar-refractivity contribution in [1.82, 2.24) is 29.7 Å². The molecule has 3 amide bonds. The van der Waals surface area contributed by atoms with Gasteiger partial charge in [-0.05, 0) is 104 Å². The molecule has 0 aliphatic carbocycles. The number of hydrogen-bond acceptors (Lipinski definition) is 5. The van der Waals surface area contributed by atoms with Gasteiger partial charge in [-0.25, -0.2) is 9.59 Å². The van der Waals surface area contributed by atoms with Gasteiger partial charge >= 0.3 is 11.7 Å². The number of aromatic nitrogens is 3. The van der Waals surface area contributed by atoms with Crippen LogP contribution < -0.4 is 11.0 Å². The number of halogens is 2. The van der Waals surface area contributed by atoms with Crippen molar-refractivity contribution >= 4 is 43.8 Å². The molecule has 0 spiro atoms. The Balaban J connectivity index is 1.14. The topological polar surface area (TPSA) is 124 Å². The first kappa shape index (κ1) is 32.1. The van der Waals surface area contributed by atoms with Crippen LogP contribution in [-0.4, -0.2) is 73.6 Å². The fourth-order valence-electron chi connectivity index (χ4n) is 6.60. The molecule has 12 heteroatoms. The Morgan fingerprint density at radius 2 is 1.57 bits per heavy atom. The lowest BCUT2D eigenvalue weighted by atomic mass is 9.89. The van der Waals surface area contributed by atoms with E-state index in [1.165, 1.54) is 5.56 Å². The molecule has 2 aromatic carbocycles. The van der Waals surface area contributed by atoms with Crippen molar-refractivity contribution in [1.29, 1.82) is 0 Å². The number of hydrogen-bond donors (Lipinski definition) is 3. The number of carbonyl (C=O) groups excluding carboxylic acids is 2. The summed E-state index contributed by atoms with van der Waals surface area (Å²) >= 11 is 6.78. The molecule has 0 radical (unpaired) electrons. The number of urea groups is 1. The number of nitrogens with one attached hydrogen (secondary N) is 2. The third-order valence-electron chi connectivity index (χ3n) is 9.09. The predicted molar refractivity (Wildman–Crippen MR) is 183 cm³/mol. The number of phenols is 1. The molecule has 2 fully saturated rings. The van der Waals surface area contributed by atoms with Crippen LogP contribution in [0, 0.1) is 0 Å². The van der Waals surface area contributed by atoms with Gasteiger partial charge in [-0.2, -0.15) is 0 Å². The minimum Gasteiger partial charge on any atom is -0.506 e. The van der Waals surface area contributed by atoms with Gasteiger partial charge < -0.3 is 25.2 Å². The quantitative estimate of drug-likeness (QED) is 0.219. The molecule has 2 aliphatic heterocycles. The largest absolute Gasteiger partial charge is 0.506 e. The lowest BCUT2D eigenvalue weighted by Crippen LogP contribution is -2.55. The van der Waals surface area contributed by atoms with Crippen LogP contribution in [-0.2, 0) is 11.2 Å². The average molecular weight is 753 g/mol. The number of likely N-dealkylation sites (tertiary alicyclic amines) is 2. The van der Waals surface area contributed by atoms with E-state index in [-0.39, 0.29) is 35.8 Å². The summed E-state index contributed by atoms with van der Waals surface area (Å²) in [5, 5.41) is 13.3. The predicted octanol–water partition coefficient (Wildman–Crippen LogP) is 5.83. The monoisotopic (exact) mass is 750 g/mol. The van der Waals surface area contributed by atoms with Gasteiger partial charge in [-0.1, -0.05) is 30.3 Å². The lowest BCUT2D eigenvalue weighted by molar-refractivity contribution is -0.134. The summed E-state index contributed by atoms with van der Waals surface area (Å²) in [5.41, 5.74) is 3.65. The summed E-state index contributed by atoms with van der Waals surface area (Å²) < 4.78 is 2.81. The summed E-state index contributed by atoms with van der Waals surface area (Å²) in [7, 11) is 0. The van der Waals surface area contributed by atoms with Gasteiger partial charge in [0.05, 0.1) is 14.6 Å². The molecule has 240 valence electrons. The first-order valence-corrected chi connectivity index (χ1v) is 17.1. The molecule has 2 aromatic heterocycles. The third kappa shape index (κ3) is 7.07. The number of carbonyl (C=O) groups is 2. The number of rotatable bonds is 7. The van der Waals surface area contributed by atoms with Gasteiger partial charge in [0.1, 0.15) is 11.8 Å².